The number of aryl methyl sites for hydroxylation is 1. The van der Waals surface area contributed by atoms with Gasteiger partial charge in [0.2, 0.25) is 5.88 Å². The number of ether oxygens (including phenoxy) is 5. The van der Waals surface area contributed by atoms with Crippen molar-refractivity contribution in [1.29, 1.82) is 0 Å². The molecule has 2 bridgehead atoms. The number of halogens is 4. The van der Waals surface area contributed by atoms with Gasteiger partial charge in [-0.1, -0.05) is 24.3 Å². The van der Waals surface area contributed by atoms with Crippen LogP contribution in [0.2, 0.25) is 0 Å². The van der Waals surface area contributed by atoms with Crippen LogP contribution in [-0.4, -0.2) is 113 Å². The van der Waals surface area contributed by atoms with Crippen LogP contribution in [0.3, 0.4) is 0 Å². The summed E-state index contributed by atoms with van der Waals surface area (Å²) >= 11 is 0. The molecule has 5 aliphatic rings. The lowest BCUT2D eigenvalue weighted by atomic mass is 9.95. The number of piperazine rings is 1. The summed E-state index contributed by atoms with van der Waals surface area (Å²) in [5.41, 5.74) is -1.11. The highest BCUT2D eigenvalue weighted by Crippen LogP contribution is 2.48. The second kappa shape index (κ2) is 17.5. The van der Waals surface area contributed by atoms with Gasteiger partial charge in [0.15, 0.2) is 17.5 Å². The summed E-state index contributed by atoms with van der Waals surface area (Å²) in [6.45, 7) is 10.4. The standard InChI is InChI=1S/C51H57F4N7O6/c1-28-21-36(40(54)45(39(28)53)59(23-30-9-14-34(64-6)15-10-30)24-31-11-16-35(65-7)17-12-31)42-41(55)43-38-46(58-48(57-43)66-27-51-19-8-20-60(51)25-32(52)22-51)61-26-33-13-18-37(44(61)29(2)67-47(38)56-42)62(33)49(63)68-50(3,4)5/h9-12,14-17,21,29,32-33,37,44H,8,13,18-20,22-27H2,1-7H3/t29-,32+,33+,37-,44+,51-/m0/s1. The van der Waals surface area contributed by atoms with Crippen LogP contribution < -0.4 is 28.7 Å². The number of methoxy groups -OCH3 is 2. The monoisotopic (exact) mass is 939 g/mol. The molecule has 68 heavy (non-hydrogen) atoms. The number of benzene rings is 3. The van der Waals surface area contributed by atoms with E-state index in [1.807, 2.05) is 56.9 Å². The third-order valence-corrected chi connectivity index (χ3v) is 14.3. The number of pyridine rings is 1. The SMILES string of the molecule is COc1ccc(CN(Cc2ccc(OC)cc2)c2c(F)c(C)cc(-c3nc4c5c(nc(OC[C@@]67CCCN6C[C@H](F)C7)nc5c3F)N3C[C@H]5CC[C@@H]([C@H]3[C@H](C)O4)N5C(=O)OC(C)(C)C)c2F)cc1. The molecular formula is C51H57F4N7O6. The Morgan fingerprint density at radius 1 is 0.912 bits per heavy atom. The Morgan fingerprint density at radius 3 is 2.24 bits per heavy atom. The Kier molecular flexibility index (Phi) is 11.7. The van der Waals surface area contributed by atoms with E-state index in [0.717, 1.165) is 30.5 Å². The molecule has 1 amide bonds. The number of hydrogen-bond acceptors (Lipinski definition) is 12. The Labute approximate surface area is 393 Å². The molecule has 2 aromatic heterocycles. The predicted octanol–water partition coefficient (Wildman–Crippen LogP) is 9.33. The van der Waals surface area contributed by atoms with Crippen molar-refractivity contribution < 1.29 is 46.0 Å². The molecule has 7 heterocycles. The van der Waals surface area contributed by atoms with Gasteiger partial charge in [-0.3, -0.25) is 9.80 Å². The number of aromatic nitrogens is 3. The fourth-order valence-corrected chi connectivity index (χ4v) is 11.2. The van der Waals surface area contributed by atoms with E-state index in [0.29, 0.717) is 49.7 Å². The molecule has 17 heteroatoms. The molecule has 0 spiro atoms. The fraction of sp³-hybridized carbons (Fsp3) is 0.490. The number of carbonyl (C=O) groups excluding carboxylic acids is 1. The summed E-state index contributed by atoms with van der Waals surface area (Å²) < 4.78 is 97.1. The molecule has 13 nitrogen and oxygen atoms in total. The van der Waals surface area contributed by atoms with E-state index >= 15 is 13.2 Å². The number of hydrogen-bond donors (Lipinski definition) is 0. The van der Waals surface area contributed by atoms with Crippen molar-refractivity contribution in [3.8, 4) is 34.6 Å². The molecular weight excluding hydrogens is 883 g/mol. The molecule has 10 rings (SSSR count). The van der Waals surface area contributed by atoms with Gasteiger partial charge in [-0.05, 0) is 114 Å². The lowest BCUT2D eigenvalue weighted by molar-refractivity contribution is 0.000932. The van der Waals surface area contributed by atoms with Crippen molar-refractivity contribution in [2.75, 3.05) is 50.3 Å². The van der Waals surface area contributed by atoms with E-state index < -0.39 is 58.7 Å². The number of amides is 1. The highest BCUT2D eigenvalue weighted by Gasteiger charge is 2.54. The van der Waals surface area contributed by atoms with Crippen LogP contribution in [0, 0.1) is 24.4 Å². The van der Waals surface area contributed by atoms with Crippen LogP contribution in [0.15, 0.2) is 54.6 Å². The molecule has 0 aliphatic carbocycles. The topological polar surface area (TPSA) is 115 Å². The van der Waals surface area contributed by atoms with E-state index in [2.05, 4.69) is 9.88 Å². The average Bonchev–Trinajstić information content (AvgIpc) is 3.92. The van der Waals surface area contributed by atoms with Crippen molar-refractivity contribution in [1.82, 2.24) is 24.8 Å². The molecule has 0 radical (unpaired) electrons. The zero-order chi connectivity index (χ0) is 47.8. The number of alkyl halides is 1. The number of nitrogens with zero attached hydrogens (tertiary/aromatic N) is 7. The smallest absolute Gasteiger partial charge is 0.410 e. The maximum absolute atomic E-state index is 17.9. The molecule has 4 saturated heterocycles. The van der Waals surface area contributed by atoms with Crippen LogP contribution in [0.25, 0.3) is 22.2 Å². The zero-order valence-electron chi connectivity index (χ0n) is 39.5. The third-order valence-electron chi connectivity index (χ3n) is 14.3. The average molecular weight is 940 g/mol. The predicted molar refractivity (Wildman–Crippen MR) is 248 cm³/mol. The van der Waals surface area contributed by atoms with Crippen LogP contribution in [0.5, 0.6) is 23.4 Å². The summed E-state index contributed by atoms with van der Waals surface area (Å²) in [5.74, 6) is -1.35. The normalized spacial score (nSPS) is 24.1. The lowest BCUT2D eigenvalue weighted by Crippen LogP contribution is -2.65. The number of carbonyl (C=O) groups is 1. The second-order valence-electron chi connectivity index (χ2n) is 19.9. The number of anilines is 2. The first kappa shape index (κ1) is 45.7. The molecule has 0 unspecified atom stereocenters. The Hall–Kier alpha value is -6.10. The van der Waals surface area contributed by atoms with Crippen LogP contribution in [0.1, 0.15) is 76.5 Å². The van der Waals surface area contributed by atoms with E-state index in [1.165, 1.54) is 13.0 Å². The molecule has 360 valence electrons. The second-order valence-corrected chi connectivity index (χ2v) is 19.9. The van der Waals surface area contributed by atoms with Gasteiger partial charge in [0.25, 0.3) is 0 Å². The maximum Gasteiger partial charge on any atom is 0.410 e. The molecule has 0 saturated carbocycles. The van der Waals surface area contributed by atoms with E-state index in [1.54, 1.807) is 48.3 Å². The minimum Gasteiger partial charge on any atom is -0.497 e. The zero-order valence-corrected chi connectivity index (χ0v) is 39.5. The van der Waals surface area contributed by atoms with Crippen molar-refractivity contribution in [3.05, 3.63) is 88.7 Å². The van der Waals surface area contributed by atoms with Crippen LogP contribution in [-0.2, 0) is 17.8 Å². The lowest BCUT2D eigenvalue weighted by Gasteiger charge is -2.48. The van der Waals surface area contributed by atoms with E-state index in [-0.39, 0.29) is 71.4 Å². The molecule has 5 aliphatic heterocycles. The molecule has 3 aromatic carbocycles. The minimum absolute atomic E-state index is 0.0487. The van der Waals surface area contributed by atoms with Gasteiger partial charge in [-0.25, -0.2) is 27.3 Å². The first-order valence-electron chi connectivity index (χ1n) is 23.4. The van der Waals surface area contributed by atoms with E-state index in [4.69, 9.17) is 33.7 Å². The maximum atomic E-state index is 17.9. The van der Waals surface area contributed by atoms with E-state index in [9.17, 15) is 9.18 Å². The van der Waals surface area contributed by atoms with Gasteiger partial charge in [0, 0.05) is 38.2 Å². The van der Waals surface area contributed by atoms with Gasteiger partial charge < -0.3 is 33.5 Å². The number of rotatable bonds is 11. The molecule has 0 N–H and O–H groups in total. The molecule has 6 atom stereocenters. The number of fused-ring (bicyclic) bond motifs is 6. The highest BCUT2D eigenvalue weighted by molar-refractivity contribution is 5.97. The van der Waals surface area contributed by atoms with Crippen LogP contribution >= 0.6 is 0 Å². The Bertz CT molecular complexity index is 2690. The first-order valence-corrected chi connectivity index (χ1v) is 23.4. The minimum atomic E-state index is -1.04. The van der Waals surface area contributed by atoms with Crippen molar-refractivity contribution in [2.45, 2.75) is 121 Å². The largest absolute Gasteiger partial charge is 0.497 e. The Morgan fingerprint density at radius 2 is 1.59 bits per heavy atom. The Balaban J connectivity index is 1.11. The van der Waals surface area contributed by atoms with Gasteiger partial charge in [-0.15, -0.1) is 0 Å². The summed E-state index contributed by atoms with van der Waals surface area (Å²) in [5, 5.41) is 0.156. The van der Waals surface area contributed by atoms with Crippen molar-refractivity contribution in [3.63, 3.8) is 0 Å². The van der Waals surface area contributed by atoms with Crippen LogP contribution in [0.4, 0.5) is 33.9 Å². The van der Waals surface area contributed by atoms with Gasteiger partial charge in [-0.2, -0.15) is 9.97 Å². The van der Waals surface area contributed by atoms with Crippen molar-refractivity contribution in [2.24, 2.45) is 0 Å². The summed E-state index contributed by atoms with van der Waals surface area (Å²) in [6.07, 6.45) is 1.14. The summed E-state index contributed by atoms with van der Waals surface area (Å²) in [4.78, 5) is 35.7. The van der Waals surface area contributed by atoms with Gasteiger partial charge in [0.1, 0.15) is 64.1 Å². The fourth-order valence-electron chi connectivity index (χ4n) is 11.2. The summed E-state index contributed by atoms with van der Waals surface area (Å²) in [6, 6.07) is 14.3. The van der Waals surface area contributed by atoms with Gasteiger partial charge >= 0.3 is 12.1 Å². The van der Waals surface area contributed by atoms with Gasteiger partial charge in [0.05, 0.1) is 37.9 Å². The third kappa shape index (κ3) is 8.13. The molecule has 4 fully saturated rings. The molecule has 5 aromatic rings. The highest BCUT2D eigenvalue weighted by atomic mass is 19.1. The van der Waals surface area contributed by atoms with Crippen molar-refractivity contribution >= 4 is 28.5 Å². The first-order chi connectivity index (χ1) is 32.5. The quantitative estimate of drug-likeness (QED) is 0.118. The summed E-state index contributed by atoms with van der Waals surface area (Å²) in [7, 11) is 3.11.